The maximum atomic E-state index is 12.5. The summed E-state index contributed by atoms with van der Waals surface area (Å²) in [4.78, 5) is 28.9. The lowest BCUT2D eigenvalue weighted by Crippen LogP contribution is -2.20. The lowest BCUT2D eigenvalue weighted by atomic mass is 10.00. The van der Waals surface area contributed by atoms with E-state index in [0.717, 1.165) is 54.5 Å². The van der Waals surface area contributed by atoms with Crippen molar-refractivity contribution >= 4 is 16.9 Å². The number of hydrogen-bond acceptors (Lipinski definition) is 4. The molecule has 0 bridgehead atoms. The van der Waals surface area contributed by atoms with Gasteiger partial charge in [-0.05, 0) is 52.4 Å². The molecule has 2 heterocycles. The van der Waals surface area contributed by atoms with Crippen molar-refractivity contribution in [1.29, 1.82) is 0 Å². The zero-order valence-corrected chi connectivity index (χ0v) is 16.7. The molecule has 0 spiro atoms. The molecule has 1 aliphatic rings. The molecule has 3 N–H and O–H groups in total. The Bertz CT molecular complexity index is 1160. The van der Waals surface area contributed by atoms with Gasteiger partial charge in [0.05, 0.1) is 5.69 Å². The van der Waals surface area contributed by atoms with Gasteiger partial charge in [0.1, 0.15) is 5.75 Å². The Morgan fingerprint density at radius 1 is 1.24 bits per heavy atom. The number of aromatic hydroxyl groups is 1. The number of benzene rings is 1. The summed E-state index contributed by atoms with van der Waals surface area (Å²) in [6.45, 7) is 1.82. The highest BCUT2D eigenvalue weighted by atomic mass is 16.4. The van der Waals surface area contributed by atoms with Gasteiger partial charge in [0, 0.05) is 34.3 Å². The van der Waals surface area contributed by atoms with Crippen molar-refractivity contribution in [2.24, 2.45) is 0 Å². The van der Waals surface area contributed by atoms with Gasteiger partial charge in [0.25, 0.3) is 5.56 Å². The van der Waals surface area contributed by atoms with Gasteiger partial charge in [-0.25, -0.2) is 4.79 Å². The molecule has 0 atom stereocenters. The number of carboxylic acids is 1. The summed E-state index contributed by atoms with van der Waals surface area (Å²) in [5.41, 5.74) is 2.83. The summed E-state index contributed by atoms with van der Waals surface area (Å²) in [5.74, 6) is -1.82. The number of carboxylic acid groups (broad SMARTS) is 1. The Kier molecular flexibility index (Phi) is 4.92. The number of nitrogens with zero attached hydrogens (tertiary/aromatic N) is 2. The van der Waals surface area contributed by atoms with Crippen LogP contribution in [-0.2, 0) is 19.4 Å². The largest absolute Gasteiger partial charge is 0.506 e. The van der Waals surface area contributed by atoms with Gasteiger partial charge in [-0.3, -0.25) is 4.79 Å². The Balaban J connectivity index is 1.97. The number of aryl methyl sites for hydroxylation is 1. The zero-order chi connectivity index (χ0) is 20.7. The van der Waals surface area contributed by atoms with Gasteiger partial charge >= 0.3 is 5.97 Å². The van der Waals surface area contributed by atoms with E-state index in [2.05, 4.69) is 34.6 Å². The van der Waals surface area contributed by atoms with Crippen LogP contribution in [-0.4, -0.2) is 51.3 Å². The second-order valence-corrected chi connectivity index (χ2v) is 7.84. The molecule has 1 aliphatic carbocycles. The number of aromatic nitrogens is 2. The third-order valence-corrected chi connectivity index (χ3v) is 5.66. The number of aromatic amines is 1. The van der Waals surface area contributed by atoms with E-state index in [-0.39, 0.29) is 0 Å². The summed E-state index contributed by atoms with van der Waals surface area (Å²) in [6, 6.07) is 8.05. The van der Waals surface area contributed by atoms with E-state index in [1.807, 2.05) is 18.2 Å². The molecule has 2 aromatic heterocycles. The van der Waals surface area contributed by atoms with Crippen molar-refractivity contribution < 1.29 is 15.0 Å². The third kappa shape index (κ3) is 3.21. The molecule has 1 aromatic carbocycles. The van der Waals surface area contributed by atoms with E-state index < -0.39 is 22.8 Å². The number of H-pyrrole nitrogens is 1. The SMILES string of the molecule is CN(C)CCCn1c2c(c3ccccc31)-c1[nH]c(=O)c(C(=O)O)c(O)c1CCC2. The van der Waals surface area contributed by atoms with E-state index in [4.69, 9.17) is 0 Å². The molecular weight excluding hydrogens is 370 g/mol. The fourth-order valence-electron chi connectivity index (χ4n) is 4.41. The van der Waals surface area contributed by atoms with Crippen LogP contribution in [0, 0.1) is 0 Å². The van der Waals surface area contributed by atoms with Crippen molar-refractivity contribution in [3.05, 3.63) is 51.4 Å². The lowest BCUT2D eigenvalue weighted by Gasteiger charge is -2.13. The number of aromatic carboxylic acids is 1. The molecule has 4 rings (SSSR count). The Hall–Kier alpha value is -3.06. The minimum Gasteiger partial charge on any atom is -0.506 e. The van der Waals surface area contributed by atoms with Gasteiger partial charge < -0.3 is 24.7 Å². The molecular formula is C22H25N3O4. The predicted molar refractivity (Wildman–Crippen MR) is 112 cm³/mol. The highest BCUT2D eigenvalue weighted by Crippen LogP contribution is 2.41. The normalized spacial score (nSPS) is 13.3. The summed E-state index contributed by atoms with van der Waals surface area (Å²) >= 11 is 0. The van der Waals surface area contributed by atoms with Crippen LogP contribution in [0.2, 0.25) is 0 Å². The fourth-order valence-corrected chi connectivity index (χ4v) is 4.41. The minimum absolute atomic E-state index is 0.409. The molecule has 152 valence electrons. The molecule has 0 saturated heterocycles. The van der Waals surface area contributed by atoms with E-state index in [1.165, 1.54) is 0 Å². The van der Waals surface area contributed by atoms with Crippen LogP contribution < -0.4 is 5.56 Å². The average Bonchev–Trinajstić information content (AvgIpc) is 2.83. The predicted octanol–water partition coefficient (Wildman–Crippen LogP) is 2.84. The van der Waals surface area contributed by atoms with Crippen LogP contribution in [0.5, 0.6) is 5.75 Å². The lowest BCUT2D eigenvalue weighted by molar-refractivity contribution is 0.0691. The van der Waals surface area contributed by atoms with Crippen molar-refractivity contribution in [2.45, 2.75) is 32.2 Å². The van der Waals surface area contributed by atoms with E-state index >= 15 is 0 Å². The number of pyridine rings is 1. The first kappa shape index (κ1) is 19.3. The minimum atomic E-state index is -1.41. The first-order chi connectivity index (χ1) is 13.9. The fraction of sp³-hybridized carbons (Fsp3) is 0.364. The molecule has 29 heavy (non-hydrogen) atoms. The Labute approximate surface area is 168 Å². The zero-order valence-electron chi connectivity index (χ0n) is 16.7. The number of carbonyl (C=O) groups is 1. The van der Waals surface area contributed by atoms with E-state index in [0.29, 0.717) is 17.7 Å². The first-order valence-corrected chi connectivity index (χ1v) is 9.86. The summed E-state index contributed by atoms with van der Waals surface area (Å²) in [6.07, 6.45) is 3.07. The molecule has 7 nitrogen and oxygen atoms in total. The molecule has 0 saturated carbocycles. The molecule has 0 amide bonds. The van der Waals surface area contributed by atoms with Crippen LogP contribution in [0.4, 0.5) is 0 Å². The van der Waals surface area contributed by atoms with E-state index in [9.17, 15) is 19.8 Å². The monoisotopic (exact) mass is 395 g/mol. The topological polar surface area (TPSA) is 98.6 Å². The molecule has 7 heteroatoms. The molecule has 0 radical (unpaired) electrons. The maximum Gasteiger partial charge on any atom is 0.345 e. The van der Waals surface area contributed by atoms with Crippen LogP contribution in [0.1, 0.15) is 34.5 Å². The number of fused-ring (bicyclic) bond motifs is 5. The van der Waals surface area contributed by atoms with Crippen LogP contribution in [0.15, 0.2) is 29.1 Å². The molecule has 0 aliphatic heterocycles. The second-order valence-electron chi connectivity index (χ2n) is 7.84. The van der Waals surface area contributed by atoms with Crippen LogP contribution in [0.3, 0.4) is 0 Å². The van der Waals surface area contributed by atoms with Crippen molar-refractivity contribution in [3.63, 3.8) is 0 Å². The maximum absolute atomic E-state index is 12.5. The van der Waals surface area contributed by atoms with Gasteiger partial charge in [0.2, 0.25) is 0 Å². The van der Waals surface area contributed by atoms with E-state index in [1.54, 1.807) is 0 Å². The number of para-hydroxylation sites is 1. The van der Waals surface area contributed by atoms with Crippen molar-refractivity contribution in [1.82, 2.24) is 14.5 Å². The quantitative estimate of drug-likeness (QED) is 0.617. The summed E-state index contributed by atoms with van der Waals surface area (Å²) < 4.78 is 2.31. The van der Waals surface area contributed by atoms with Gasteiger partial charge in [0.15, 0.2) is 5.56 Å². The van der Waals surface area contributed by atoms with Gasteiger partial charge in [-0.2, -0.15) is 0 Å². The van der Waals surface area contributed by atoms with Crippen LogP contribution in [0.25, 0.3) is 22.2 Å². The third-order valence-electron chi connectivity index (χ3n) is 5.66. The highest BCUT2D eigenvalue weighted by Gasteiger charge is 2.28. The summed E-state index contributed by atoms with van der Waals surface area (Å²) in [5, 5.41) is 21.0. The molecule has 0 fully saturated rings. The number of nitrogens with one attached hydrogen (secondary N) is 1. The Morgan fingerprint density at radius 2 is 2.00 bits per heavy atom. The van der Waals surface area contributed by atoms with Crippen LogP contribution >= 0.6 is 0 Å². The average molecular weight is 395 g/mol. The number of rotatable bonds is 5. The summed E-state index contributed by atoms with van der Waals surface area (Å²) in [7, 11) is 4.11. The second kappa shape index (κ2) is 7.40. The number of hydrogen-bond donors (Lipinski definition) is 3. The Morgan fingerprint density at radius 3 is 2.72 bits per heavy atom. The van der Waals surface area contributed by atoms with Gasteiger partial charge in [-0.15, -0.1) is 0 Å². The molecule has 3 aromatic rings. The van der Waals surface area contributed by atoms with Gasteiger partial charge in [-0.1, -0.05) is 18.2 Å². The standard InChI is InChI=1S/C22H25N3O4/c1-24(2)11-6-12-25-15-9-4-3-7-13(15)17-16(25)10-5-8-14-19(17)23-21(27)18(20(14)26)22(28)29/h3-4,7,9H,5-6,8,10-12H2,1-2H3,(H,28,29)(H2,23,26,27). The van der Waals surface area contributed by atoms with Crippen molar-refractivity contribution in [3.8, 4) is 17.0 Å². The smallest absolute Gasteiger partial charge is 0.345 e. The first-order valence-electron chi connectivity index (χ1n) is 9.86. The highest BCUT2D eigenvalue weighted by molar-refractivity contribution is 6.00. The van der Waals surface area contributed by atoms with Crippen molar-refractivity contribution in [2.75, 3.05) is 20.6 Å². The molecule has 0 unspecified atom stereocenters.